The zero-order chi connectivity index (χ0) is 25.5. The number of hydrogen-bond acceptors (Lipinski definition) is 7. The van der Waals surface area contributed by atoms with Crippen LogP contribution in [0.2, 0.25) is 0 Å². The van der Waals surface area contributed by atoms with Crippen LogP contribution in [-0.2, 0) is 4.79 Å². The van der Waals surface area contributed by atoms with Crippen LogP contribution in [-0.4, -0.2) is 35.0 Å². The highest BCUT2D eigenvalue weighted by Crippen LogP contribution is 2.45. The number of ketones is 1. The van der Waals surface area contributed by atoms with Gasteiger partial charge in [-0.2, -0.15) is 0 Å². The Hall–Kier alpha value is -4.43. The van der Waals surface area contributed by atoms with Gasteiger partial charge in [-0.3, -0.25) is 14.5 Å². The maximum atomic E-state index is 14.0. The minimum absolute atomic E-state index is 0.0254. The van der Waals surface area contributed by atoms with Gasteiger partial charge in [0.05, 0.1) is 22.2 Å². The molecule has 37 heavy (non-hydrogen) atoms. The van der Waals surface area contributed by atoms with E-state index in [-0.39, 0.29) is 5.57 Å². The number of fused-ring (bicyclic) bond motifs is 1. The Kier molecular flexibility index (Phi) is 5.73. The maximum Gasteiger partial charge on any atom is 0.294 e. The second-order valence-corrected chi connectivity index (χ2v) is 9.71. The quantitative estimate of drug-likeness (QED) is 0.348. The van der Waals surface area contributed by atoms with Gasteiger partial charge in [-0.15, -0.1) is 11.3 Å². The first-order chi connectivity index (χ1) is 18.0. The number of hydrogen-bond donors (Lipinski definition) is 1. The molecule has 0 fully saturated rings. The number of ether oxygens (including phenoxy) is 2. The minimum Gasteiger partial charge on any atom is -0.503 e. The number of carbonyl (C=O) groups excluding carboxylic acids is 2. The van der Waals surface area contributed by atoms with Crippen molar-refractivity contribution < 1.29 is 24.2 Å². The Balaban J connectivity index is 1.45. The van der Waals surface area contributed by atoms with E-state index in [9.17, 15) is 14.7 Å². The molecule has 3 heterocycles. The lowest BCUT2D eigenvalue weighted by atomic mass is 9.95. The first-order valence-corrected chi connectivity index (χ1v) is 12.6. The number of rotatable bonds is 5. The molecule has 1 aromatic heterocycles. The summed E-state index contributed by atoms with van der Waals surface area (Å²) in [6.07, 6.45) is 0. The molecule has 8 heteroatoms. The van der Waals surface area contributed by atoms with Crippen LogP contribution in [0.25, 0.3) is 10.6 Å². The van der Waals surface area contributed by atoms with E-state index in [2.05, 4.69) is 4.98 Å². The zero-order valence-corrected chi connectivity index (χ0v) is 20.7. The van der Waals surface area contributed by atoms with Crippen molar-refractivity contribution in [2.75, 3.05) is 18.1 Å². The lowest BCUT2D eigenvalue weighted by Crippen LogP contribution is -2.31. The van der Waals surface area contributed by atoms with Crippen LogP contribution >= 0.6 is 11.3 Å². The molecule has 1 unspecified atom stereocenters. The van der Waals surface area contributed by atoms with E-state index < -0.39 is 23.5 Å². The van der Waals surface area contributed by atoms with E-state index in [0.717, 1.165) is 5.56 Å². The van der Waals surface area contributed by atoms with Gasteiger partial charge in [0.1, 0.15) is 18.2 Å². The molecule has 2 aliphatic heterocycles. The van der Waals surface area contributed by atoms with Crippen LogP contribution in [0, 0.1) is 6.92 Å². The van der Waals surface area contributed by atoms with Crippen LogP contribution in [0.5, 0.6) is 11.5 Å². The predicted octanol–water partition coefficient (Wildman–Crippen LogP) is 5.67. The monoisotopic (exact) mass is 510 g/mol. The number of thiazole rings is 1. The Morgan fingerprint density at radius 3 is 2.38 bits per heavy atom. The summed E-state index contributed by atoms with van der Waals surface area (Å²) < 4.78 is 11.3. The van der Waals surface area contributed by atoms with E-state index >= 15 is 0 Å². The van der Waals surface area contributed by atoms with E-state index in [1.165, 1.54) is 16.2 Å². The Bertz CT molecular complexity index is 1550. The molecule has 0 saturated heterocycles. The van der Waals surface area contributed by atoms with Gasteiger partial charge in [-0.25, -0.2) is 4.98 Å². The van der Waals surface area contributed by atoms with Crippen molar-refractivity contribution >= 4 is 28.7 Å². The van der Waals surface area contributed by atoms with Crippen molar-refractivity contribution in [1.82, 2.24) is 4.98 Å². The summed E-state index contributed by atoms with van der Waals surface area (Å²) in [5, 5.41) is 11.8. The topological polar surface area (TPSA) is 89.0 Å². The molecule has 1 amide bonds. The molecule has 4 aromatic rings. The second kappa shape index (κ2) is 9.22. The molecule has 6 rings (SSSR count). The average Bonchev–Trinajstić information content (AvgIpc) is 3.46. The van der Waals surface area contributed by atoms with Gasteiger partial charge in [-0.05, 0) is 24.6 Å². The van der Waals surface area contributed by atoms with E-state index in [4.69, 9.17) is 9.47 Å². The van der Waals surface area contributed by atoms with Gasteiger partial charge >= 0.3 is 0 Å². The van der Waals surface area contributed by atoms with Gasteiger partial charge in [-0.1, -0.05) is 60.7 Å². The van der Waals surface area contributed by atoms with Gasteiger partial charge in [0.25, 0.3) is 5.91 Å². The Labute approximate surface area is 217 Å². The van der Waals surface area contributed by atoms with E-state index in [1.54, 1.807) is 25.1 Å². The normalized spacial score (nSPS) is 16.8. The third-order valence-electron chi connectivity index (χ3n) is 6.40. The van der Waals surface area contributed by atoms with Gasteiger partial charge in [0.15, 0.2) is 17.3 Å². The summed E-state index contributed by atoms with van der Waals surface area (Å²) in [6.45, 7) is 2.61. The van der Waals surface area contributed by atoms with Gasteiger partial charge in [0.2, 0.25) is 5.78 Å². The first-order valence-electron chi connectivity index (χ1n) is 11.8. The van der Waals surface area contributed by atoms with Crippen molar-refractivity contribution in [2.24, 2.45) is 0 Å². The van der Waals surface area contributed by atoms with E-state index in [0.29, 0.717) is 51.5 Å². The van der Waals surface area contributed by atoms with Gasteiger partial charge in [0, 0.05) is 17.3 Å². The van der Waals surface area contributed by atoms with Crippen molar-refractivity contribution in [1.29, 1.82) is 0 Å². The molecule has 0 saturated carbocycles. The second-order valence-electron chi connectivity index (χ2n) is 8.71. The van der Waals surface area contributed by atoms with Crippen molar-refractivity contribution in [3.63, 3.8) is 0 Å². The number of aryl methyl sites for hydroxylation is 1. The number of aromatic nitrogens is 1. The smallest absolute Gasteiger partial charge is 0.294 e. The molecule has 0 radical (unpaired) electrons. The number of aliphatic hydroxyl groups excluding tert-OH is 1. The first kappa shape index (κ1) is 23.0. The highest BCUT2D eigenvalue weighted by atomic mass is 32.1. The van der Waals surface area contributed by atoms with Crippen molar-refractivity contribution in [3.05, 3.63) is 106 Å². The van der Waals surface area contributed by atoms with Crippen LogP contribution in [0.1, 0.15) is 27.0 Å². The minimum atomic E-state index is -0.828. The predicted molar refractivity (Wildman–Crippen MR) is 140 cm³/mol. The number of anilines is 1. The zero-order valence-electron chi connectivity index (χ0n) is 19.9. The Morgan fingerprint density at radius 1 is 0.973 bits per heavy atom. The average molecular weight is 511 g/mol. The molecule has 1 atom stereocenters. The summed E-state index contributed by atoms with van der Waals surface area (Å²) >= 11 is 1.25. The number of Topliss-reactive ketones (excluding diaryl/α,β-unsaturated/α-hetero) is 1. The molecule has 0 aliphatic carbocycles. The molecular formula is C29H22N2O5S. The lowest BCUT2D eigenvalue weighted by molar-refractivity contribution is -0.117. The van der Waals surface area contributed by atoms with Crippen LogP contribution < -0.4 is 14.4 Å². The summed E-state index contributed by atoms with van der Waals surface area (Å²) in [5.74, 6) is -0.549. The summed E-state index contributed by atoms with van der Waals surface area (Å²) in [6, 6.07) is 23.1. The van der Waals surface area contributed by atoms with Crippen LogP contribution in [0.4, 0.5) is 5.69 Å². The fourth-order valence-electron chi connectivity index (χ4n) is 4.67. The molecule has 7 nitrogen and oxygen atoms in total. The molecule has 0 spiro atoms. The molecule has 0 bridgehead atoms. The SMILES string of the molecule is Cc1nc(-c2ccccc2)sc1C(=O)C1=C(O)C(=O)N(c2ccc3c(c2)OCCO3)C1c1ccccc1. The van der Waals surface area contributed by atoms with Crippen LogP contribution in [0.3, 0.4) is 0 Å². The third-order valence-corrected chi connectivity index (χ3v) is 7.60. The highest BCUT2D eigenvalue weighted by Gasteiger charge is 2.45. The van der Waals surface area contributed by atoms with Crippen LogP contribution in [0.15, 0.2) is 90.2 Å². The standard InChI is InChI=1S/C29H22N2O5S/c1-17-27(37-28(30-17)19-10-6-3-7-11-19)25(32)23-24(18-8-4-2-5-9-18)31(29(34)26(23)33)20-12-13-21-22(16-20)36-15-14-35-21/h2-13,16,24,33H,14-15H2,1H3. The molecule has 2 aliphatic rings. The molecule has 1 N–H and O–H groups in total. The molecule has 184 valence electrons. The van der Waals surface area contributed by atoms with Crippen molar-refractivity contribution in [2.45, 2.75) is 13.0 Å². The molecule has 3 aromatic carbocycles. The van der Waals surface area contributed by atoms with E-state index in [1.807, 2.05) is 60.7 Å². The highest BCUT2D eigenvalue weighted by molar-refractivity contribution is 7.17. The summed E-state index contributed by atoms with van der Waals surface area (Å²) in [7, 11) is 0. The fourth-order valence-corrected chi connectivity index (χ4v) is 5.70. The number of carbonyl (C=O) groups is 2. The fraction of sp³-hybridized carbons (Fsp3) is 0.138. The number of benzene rings is 3. The number of amides is 1. The summed E-state index contributed by atoms with van der Waals surface area (Å²) in [4.78, 5) is 33.9. The number of nitrogens with zero attached hydrogens (tertiary/aromatic N) is 2. The summed E-state index contributed by atoms with van der Waals surface area (Å²) in [5.41, 5.74) is 2.66. The third kappa shape index (κ3) is 3.95. The molecular weight excluding hydrogens is 488 g/mol. The van der Waals surface area contributed by atoms with Gasteiger partial charge < -0.3 is 14.6 Å². The lowest BCUT2D eigenvalue weighted by Gasteiger charge is -2.28. The Morgan fingerprint density at radius 2 is 1.65 bits per heavy atom. The number of aliphatic hydroxyl groups is 1. The van der Waals surface area contributed by atoms with Crippen molar-refractivity contribution in [3.8, 4) is 22.1 Å². The largest absolute Gasteiger partial charge is 0.503 e. The maximum absolute atomic E-state index is 14.0.